The van der Waals surface area contributed by atoms with Crippen molar-refractivity contribution >= 4 is 11.7 Å². The van der Waals surface area contributed by atoms with Crippen molar-refractivity contribution in [1.82, 2.24) is 0 Å². The summed E-state index contributed by atoms with van der Waals surface area (Å²) >= 11 is 0. The van der Waals surface area contributed by atoms with Gasteiger partial charge in [-0.3, -0.25) is 0 Å². The van der Waals surface area contributed by atoms with Gasteiger partial charge in [-0.15, -0.1) is 0 Å². The van der Waals surface area contributed by atoms with Crippen LogP contribution in [0.2, 0.25) is 0 Å². The molecule has 1 saturated heterocycles. The minimum Gasteiger partial charge on any atom is -0.465 e. The molecule has 1 aromatic carbocycles. The zero-order valence-corrected chi connectivity index (χ0v) is 10.1. The van der Waals surface area contributed by atoms with Crippen LogP contribution in [0.15, 0.2) is 24.3 Å². The molecule has 0 bridgehead atoms. The molecular weight excluding hydrogens is 232 g/mol. The highest BCUT2D eigenvalue weighted by molar-refractivity contribution is 5.90. The maximum Gasteiger partial charge on any atom is 0.337 e. The molecule has 1 aromatic rings. The Bertz CT molecular complexity index is 481. The van der Waals surface area contributed by atoms with Gasteiger partial charge in [-0.05, 0) is 18.2 Å². The summed E-state index contributed by atoms with van der Waals surface area (Å²) in [6.07, 6.45) is -0.416. The van der Waals surface area contributed by atoms with Gasteiger partial charge < -0.3 is 14.4 Å². The van der Waals surface area contributed by atoms with Gasteiger partial charge in [0.25, 0.3) is 0 Å². The molecule has 1 heterocycles. The SMILES string of the molecule is COC(=O)c1cccc(N2CCOC(C#N)C2)c1. The van der Waals surface area contributed by atoms with E-state index in [1.54, 1.807) is 18.2 Å². The molecule has 5 heteroatoms. The van der Waals surface area contributed by atoms with Gasteiger partial charge in [0, 0.05) is 12.2 Å². The number of nitrogens with zero attached hydrogens (tertiary/aromatic N) is 2. The molecule has 0 saturated carbocycles. The van der Waals surface area contributed by atoms with Crippen LogP contribution in [-0.4, -0.2) is 38.9 Å². The molecule has 0 spiro atoms. The van der Waals surface area contributed by atoms with E-state index >= 15 is 0 Å². The summed E-state index contributed by atoms with van der Waals surface area (Å²) in [5, 5.41) is 8.86. The van der Waals surface area contributed by atoms with Crippen LogP contribution >= 0.6 is 0 Å². The predicted octanol–water partition coefficient (Wildman–Crippen LogP) is 1.20. The first kappa shape index (κ1) is 12.4. The van der Waals surface area contributed by atoms with Crippen LogP contribution in [-0.2, 0) is 9.47 Å². The highest BCUT2D eigenvalue weighted by atomic mass is 16.5. The molecule has 0 N–H and O–H groups in total. The fourth-order valence-corrected chi connectivity index (χ4v) is 1.91. The fraction of sp³-hybridized carbons (Fsp3) is 0.385. The summed E-state index contributed by atoms with van der Waals surface area (Å²) in [6, 6.07) is 9.28. The van der Waals surface area contributed by atoms with Crippen LogP contribution in [0.4, 0.5) is 5.69 Å². The van der Waals surface area contributed by atoms with Crippen LogP contribution in [0.1, 0.15) is 10.4 Å². The molecule has 0 amide bonds. The molecule has 94 valence electrons. The van der Waals surface area contributed by atoms with Gasteiger partial charge in [-0.2, -0.15) is 5.26 Å². The average molecular weight is 246 g/mol. The third-order valence-electron chi connectivity index (χ3n) is 2.84. The van der Waals surface area contributed by atoms with E-state index in [9.17, 15) is 4.79 Å². The van der Waals surface area contributed by atoms with Crippen molar-refractivity contribution in [2.24, 2.45) is 0 Å². The summed E-state index contributed by atoms with van der Waals surface area (Å²) < 4.78 is 9.97. The minimum absolute atomic E-state index is 0.359. The van der Waals surface area contributed by atoms with Gasteiger partial charge >= 0.3 is 5.97 Å². The van der Waals surface area contributed by atoms with Crippen LogP contribution in [0.3, 0.4) is 0 Å². The molecule has 1 aliphatic rings. The van der Waals surface area contributed by atoms with Crippen molar-refractivity contribution in [3.63, 3.8) is 0 Å². The van der Waals surface area contributed by atoms with Gasteiger partial charge in [0.15, 0.2) is 6.10 Å². The number of hydrogen-bond donors (Lipinski definition) is 0. The third kappa shape index (κ3) is 2.60. The lowest BCUT2D eigenvalue weighted by atomic mass is 10.1. The molecule has 2 rings (SSSR count). The second-order valence-corrected chi connectivity index (χ2v) is 3.98. The van der Waals surface area contributed by atoms with E-state index in [2.05, 4.69) is 10.8 Å². The van der Waals surface area contributed by atoms with Crippen LogP contribution in [0, 0.1) is 11.3 Å². The normalized spacial score (nSPS) is 19.1. The number of benzene rings is 1. The highest BCUT2D eigenvalue weighted by Gasteiger charge is 2.20. The number of methoxy groups -OCH3 is 1. The molecule has 1 unspecified atom stereocenters. The average Bonchev–Trinajstić information content (AvgIpc) is 2.46. The molecular formula is C13H14N2O3. The molecule has 18 heavy (non-hydrogen) atoms. The maximum atomic E-state index is 11.5. The Kier molecular flexibility index (Phi) is 3.80. The monoisotopic (exact) mass is 246 g/mol. The van der Waals surface area contributed by atoms with Crippen molar-refractivity contribution in [1.29, 1.82) is 5.26 Å². The summed E-state index contributed by atoms with van der Waals surface area (Å²) in [5.41, 5.74) is 1.41. The predicted molar refractivity (Wildman–Crippen MR) is 65.3 cm³/mol. The first-order chi connectivity index (χ1) is 8.74. The molecule has 0 radical (unpaired) electrons. The first-order valence-electron chi connectivity index (χ1n) is 5.69. The van der Waals surface area contributed by atoms with E-state index in [1.165, 1.54) is 7.11 Å². The number of nitriles is 1. The Balaban J connectivity index is 2.18. The van der Waals surface area contributed by atoms with Gasteiger partial charge in [0.2, 0.25) is 0 Å². The van der Waals surface area contributed by atoms with E-state index in [-0.39, 0.29) is 5.97 Å². The number of ether oxygens (including phenoxy) is 2. The Morgan fingerprint density at radius 2 is 2.44 bits per heavy atom. The van der Waals surface area contributed by atoms with E-state index in [1.807, 2.05) is 11.0 Å². The lowest BCUT2D eigenvalue weighted by Crippen LogP contribution is -2.41. The van der Waals surface area contributed by atoms with Gasteiger partial charge in [0.05, 0.1) is 31.9 Å². The smallest absolute Gasteiger partial charge is 0.337 e. The van der Waals surface area contributed by atoms with Crippen molar-refractivity contribution in [3.8, 4) is 6.07 Å². The number of rotatable bonds is 2. The topological polar surface area (TPSA) is 62.6 Å². The Hall–Kier alpha value is -2.06. The number of hydrogen-bond acceptors (Lipinski definition) is 5. The molecule has 1 atom stereocenters. The number of esters is 1. The molecule has 5 nitrogen and oxygen atoms in total. The van der Waals surface area contributed by atoms with Crippen molar-refractivity contribution in [2.75, 3.05) is 31.7 Å². The Labute approximate surface area is 106 Å². The lowest BCUT2D eigenvalue weighted by molar-refractivity contribution is 0.0600. The third-order valence-corrected chi connectivity index (χ3v) is 2.84. The molecule has 0 aliphatic carbocycles. The Morgan fingerprint density at radius 1 is 1.61 bits per heavy atom. The van der Waals surface area contributed by atoms with Crippen molar-refractivity contribution in [2.45, 2.75) is 6.10 Å². The maximum absolute atomic E-state index is 11.5. The number of carbonyl (C=O) groups is 1. The zero-order valence-electron chi connectivity index (χ0n) is 10.1. The number of carbonyl (C=O) groups excluding carboxylic acids is 1. The number of anilines is 1. The minimum atomic E-state index is -0.416. The van der Waals surface area contributed by atoms with Gasteiger partial charge in [0.1, 0.15) is 0 Å². The van der Waals surface area contributed by atoms with E-state index in [4.69, 9.17) is 10.00 Å². The second kappa shape index (κ2) is 5.52. The second-order valence-electron chi connectivity index (χ2n) is 3.98. The number of morpholine rings is 1. The van der Waals surface area contributed by atoms with Crippen LogP contribution < -0.4 is 4.90 Å². The Morgan fingerprint density at radius 3 is 3.17 bits per heavy atom. The standard InChI is InChI=1S/C13H14N2O3/c1-17-13(16)10-3-2-4-11(7-10)15-5-6-18-12(8-14)9-15/h2-4,7,12H,5-6,9H2,1H3. The quantitative estimate of drug-likeness (QED) is 0.734. The van der Waals surface area contributed by atoms with Crippen molar-refractivity contribution < 1.29 is 14.3 Å². The molecule has 1 aliphatic heterocycles. The zero-order chi connectivity index (χ0) is 13.0. The lowest BCUT2D eigenvalue weighted by Gasteiger charge is -2.31. The van der Waals surface area contributed by atoms with E-state index < -0.39 is 6.10 Å². The van der Waals surface area contributed by atoms with Crippen molar-refractivity contribution in [3.05, 3.63) is 29.8 Å². The van der Waals surface area contributed by atoms with E-state index in [0.717, 1.165) is 5.69 Å². The molecule has 0 aromatic heterocycles. The van der Waals surface area contributed by atoms with Crippen LogP contribution in [0.25, 0.3) is 0 Å². The van der Waals surface area contributed by atoms with E-state index in [0.29, 0.717) is 25.3 Å². The highest BCUT2D eigenvalue weighted by Crippen LogP contribution is 2.19. The van der Waals surface area contributed by atoms with Crippen LogP contribution in [0.5, 0.6) is 0 Å². The summed E-state index contributed by atoms with van der Waals surface area (Å²) in [6.45, 7) is 1.74. The molecule has 1 fully saturated rings. The summed E-state index contributed by atoms with van der Waals surface area (Å²) in [5.74, 6) is -0.359. The fourth-order valence-electron chi connectivity index (χ4n) is 1.91. The van der Waals surface area contributed by atoms with Gasteiger partial charge in [-0.1, -0.05) is 6.07 Å². The van der Waals surface area contributed by atoms with Gasteiger partial charge in [-0.25, -0.2) is 4.79 Å². The first-order valence-corrected chi connectivity index (χ1v) is 5.69. The largest absolute Gasteiger partial charge is 0.465 e. The summed E-state index contributed by atoms with van der Waals surface area (Å²) in [4.78, 5) is 13.5. The summed E-state index contributed by atoms with van der Waals surface area (Å²) in [7, 11) is 1.36.